The Labute approximate surface area is 173 Å². The average Bonchev–Trinajstić information content (AvgIpc) is 2.98. The number of ether oxygens (including phenoxy) is 3. The Hall–Kier alpha value is -3.06. The molecule has 2 aromatic rings. The highest BCUT2D eigenvalue weighted by atomic mass is 35.5. The number of nitrogens with one attached hydrogen (secondary N) is 1. The first-order valence-corrected chi connectivity index (χ1v) is 9.07. The van der Waals surface area contributed by atoms with Crippen LogP contribution in [0.4, 0.5) is 0 Å². The highest BCUT2D eigenvalue weighted by Crippen LogP contribution is 2.36. The van der Waals surface area contributed by atoms with E-state index in [9.17, 15) is 14.4 Å². The van der Waals surface area contributed by atoms with Crippen molar-refractivity contribution in [2.24, 2.45) is 0 Å². The molecule has 0 aliphatic carbocycles. The van der Waals surface area contributed by atoms with Crippen LogP contribution in [0.5, 0.6) is 11.5 Å². The molecule has 154 valence electrons. The topological polar surface area (TPSA) is 94.7 Å². The molecule has 0 saturated heterocycles. The first-order valence-electron chi connectivity index (χ1n) is 8.69. The lowest BCUT2D eigenvalue weighted by molar-refractivity contribution is -0.136. The first kappa shape index (κ1) is 22.2. The predicted octanol–water partition coefficient (Wildman–Crippen LogP) is 3.94. The van der Waals surface area contributed by atoms with Gasteiger partial charge in [0.2, 0.25) is 5.78 Å². The van der Waals surface area contributed by atoms with E-state index in [-0.39, 0.29) is 11.5 Å². The number of hydrogen-bond acceptors (Lipinski definition) is 6. The number of esters is 1. The Kier molecular flexibility index (Phi) is 7.23. The zero-order valence-corrected chi connectivity index (χ0v) is 17.6. The van der Waals surface area contributed by atoms with Gasteiger partial charge in [-0.05, 0) is 50.1 Å². The maximum absolute atomic E-state index is 12.3. The molecule has 1 heterocycles. The molecule has 0 atom stereocenters. The number of benzene rings is 1. The molecule has 1 N–H and O–H groups in total. The molecule has 0 unspecified atom stereocenters. The number of carbonyl (C=O) groups is 3. The normalized spacial score (nSPS) is 10.8. The third kappa shape index (κ3) is 5.06. The van der Waals surface area contributed by atoms with E-state index >= 15 is 0 Å². The molecule has 29 heavy (non-hydrogen) atoms. The molecule has 0 aliphatic rings. The van der Waals surface area contributed by atoms with Gasteiger partial charge in [0, 0.05) is 17.3 Å². The van der Waals surface area contributed by atoms with Crippen LogP contribution in [-0.4, -0.2) is 43.3 Å². The summed E-state index contributed by atoms with van der Waals surface area (Å²) in [4.78, 5) is 38.9. The van der Waals surface area contributed by atoms with Crippen molar-refractivity contribution in [3.63, 3.8) is 0 Å². The van der Waals surface area contributed by atoms with Crippen LogP contribution in [0, 0.1) is 13.8 Å². The van der Waals surface area contributed by atoms with E-state index in [2.05, 4.69) is 4.98 Å². The quantitative estimate of drug-likeness (QED) is 0.395. The minimum absolute atomic E-state index is 0.135. The second kappa shape index (κ2) is 9.43. The zero-order valence-electron chi connectivity index (χ0n) is 16.8. The smallest absolute Gasteiger partial charge is 0.331 e. The van der Waals surface area contributed by atoms with Crippen LogP contribution in [-0.2, 0) is 9.53 Å². The third-order valence-electron chi connectivity index (χ3n) is 4.28. The van der Waals surface area contributed by atoms with Crippen molar-refractivity contribution in [1.29, 1.82) is 0 Å². The van der Waals surface area contributed by atoms with Crippen LogP contribution >= 0.6 is 11.6 Å². The van der Waals surface area contributed by atoms with Crippen molar-refractivity contribution in [3.05, 3.63) is 51.3 Å². The van der Waals surface area contributed by atoms with Gasteiger partial charge < -0.3 is 19.2 Å². The van der Waals surface area contributed by atoms with Crippen LogP contribution in [0.2, 0.25) is 5.02 Å². The molecule has 0 bridgehead atoms. The third-order valence-corrected chi connectivity index (χ3v) is 4.56. The number of halogens is 1. The van der Waals surface area contributed by atoms with E-state index in [4.69, 9.17) is 25.8 Å². The lowest BCUT2D eigenvalue weighted by Crippen LogP contribution is -2.14. The summed E-state index contributed by atoms with van der Waals surface area (Å²) in [6, 6.07) is 3.25. The van der Waals surface area contributed by atoms with Crippen molar-refractivity contribution >= 4 is 35.2 Å². The molecule has 0 fully saturated rings. The summed E-state index contributed by atoms with van der Waals surface area (Å²) in [5.74, 6) is -0.446. The number of aryl methyl sites for hydroxylation is 1. The predicted molar refractivity (Wildman–Crippen MR) is 109 cm³/mol. The van der Waals surface area contributed by atoms with E-state index in [1.165, 1.54) is 33.3 Å². The number of carbonyl (C=O) groups excluding carboxylic acids is 3. The number of ketones is 2. The average molecular weight is 420 g/mol. The molecular weight excluding hydrogens is 398 g/mol. The molecular formula is C21H22ClNO6. The van der Waals surface area contributed by atoms with Crippen LogP contribution < -0.4 is 9.47 Å². The fourth-order valence-electron chi connectivity index (χ4n) is 3.01. The second-order valence-corrected chi connectivity index (χ2v) is 6.69. The van der Waals surface area contributed by atoms with Gasteiger partial charge >= 0.3 is 5.97 Å². The molecule has 0 aliphatic heterocycles. The van der Waals surface area contributed by atoms with E-state index < -0.39 is 18.4 Å². The highest BCUT2D eigenvalue weighted by Gasteiger charge is 2.20. The van der Waals surface area contributed by atoms with Crippen LogP contribution in [0.3, 0.4) is 0 Å². The molecule has 8 heteroatoms. The van der Waals surface area contributed by atoms with E-state index in [0.717, 1.165) is 0 Å². The molecule has 0 amide bonds. The van der Waals surface area contributed by atoms with Gasteiger partial charge in [0.05, 0.1) is 24.9 Å². The first-order chi connectivity index (χ1) is 13.7. The van der Waals surface area contributed by atoms with Gasteiger partial charge in [-0.15, -0.1) is 0 Å². The lowest BCUT2D eigenvalue weighted by Gasteiger charge is -2.10. The Morgan fingerprint density at radius 1 is 1.14 bits per heavy atom. The molecule has 0 spiro atoms. The van der Waals surface area contributed by atoms with Gasteiger partial charge in [-0.25, -0.2) is 4.79 Å². The summed E-state index contributed by atoms with van der Waals surface area (Å²) in [6.07, 6.45) is 2.66. The summed E-state index contributed by atoms with van der Waals surface area (Å²) in [5.41, 5.74) is 2.49. The lowest BCUT2D eigenvalue weighted by atomic mass is 10.1. The summed E-state index contributed by atoms with van der Waals surface area (Å²) in [7, 11) is 2.95. The van der Waals surface area contributed by atoms with E-state index in [0.29, 0.717) is 38.9 Å². The standard InChI is InChI=1S/C21H22ClNO6/c1-11-19(13(3)24)12(2)23-20(11)16(25)10-29-18(26)7-6-14-8-15(22)21(28-5)17(9-14)27-4/h6-9,23H,10H2,1-5H3. The molecule has 0 saturated carbocycles. The monoisotopic (exact) mass is 419 g/mol. The maximum atomic E-state index is 12.3. The number of rotatable bonds is 8. The Balaban J connectivity index is 2.05. The van der Waals surface area contributed by atoms with Gasteiger partial charge in [0.15, 0.2) is 23.9 Å². The van der Waals surface area contributed by atoms with Crippen LogP contribution in [0.15, 0.2) is 18.2 Å². The van der Waals surface area contributed by atoms with Gasteiger partial charge in [0.1, 0.15) is 0 Å². The van der Waals surface area contributed by atoms with Crippen molar-refractivity contribution in [2.45, 2.75) is 20.8 Å². The van der Waals surface area contributed by atoms with Crippen LogP contribution in [0.1, 0.15) is 44.6 Å². The number of Topliss-reactive ketones (excluding diaryl/α,β-unsaturated/α-hetero) is 2. The number of hydrogen-bond donors (Lipinski definition) is 1. The zero-order chi connectivity index (χ0) is 21.7. The van der Waals surface area contributed by atoms with Crippen molar-refractivity contribution in [1.82, 2.24) is 4.98 Å². The molecule has 0 radical (unpaired) electrons. The van der Waals surface area contributed by atoms with Gasteiger partial charge in [0.25, 0.3) is 0 Å². The number of aromatic amines is 1. The van der Waals surface area contributed by atoms with Gasteiger partial charge in [-0.2, -0.15) is 0 Å². The fraction of sp³-hybridized carbons (Fsp3) is 0.286. The minimum Gasteiger partial charge on any atom is -0.493 e. The maximum Gasteiger partial charge on any atom is 0.331 e. The summed E-state index contributed by atoms with van der Waals surface area (Å²) < 4.78 is 15.4. The summed E-state index contributed by atoms with van der Waals surface area (Å²) >= 11 is 6.12. The summed E-state index contributed by atoms with van der Waals surface area (Å²) in [6.45, 7) is 4.37. The highest BCUT2D eigenvalue weighted by molar-refractivity contribution is 6.32. The molecule has 1 aromatic heterocycles. The van der Waals surface area contributed by atoms with E-state index in [1.807, 2.05) is 0 Å². The number of methoxy groups -OCH3 is 2. The summed E-state index contributed by atoms with van der Waals surface area (Å²) in [5, 5.41) is 0.328. The number of aromatic nitrogens is 1. The van der Waals surface area contributed by atoms with Crippen LogP contribution in [0.25, 0.3) is 6.08 Å². The minimum atomic E-state index is -0.697. The second-order valence-electron chi connectivity index (χ2n) is 6.28. The van der Waals surface area contributed by atoms with E-state index in [1.54, 1.807) is 26.0 Å². The van der Waals surface area contributed by atoms with Gasteiger partial charge in [-0.3, -0.25) is 9.59 Å². The Morgan fingerprint density at radius 3 is 2.38 bits per heavy atom. The van der Waals surface area contributed by atoms with Crippen molar-refractivity contribution in [2.75, 3.05) is 20.8 Å². The fourth-order valence-corrected chi connectivity index (χ4v) is 3.31. The van der Waals surface area contributed by atoms with Crippen molar-refractivity contribution < 1.29 is 28.6 Å². The molecule has 7 nitrogen and oxygen atoms in total. The Morgan fingerprint density at radius 2 is 1.83 bits per heavy atom. The number of H-pyrrole nitrogens is 1. The largest absolute Gasteiger partial charge is 0.493 e. The van der Waals surface area contributed by atoms with Crippen molar-refractivity contribution in [3.8, 4) is 11.5 Å². The van der Waals surface area contributed by atoms with Gasteiger partial charge in [-0.1, -0.05) is 11.6 Å². The molecule has 2 rings (SSSR count). The Bertz CT molecular complexity index is 990. The molecule has 1 aromatic carbocycles. The SMILES string of the molecule is COc1cc(C=CC(=O)OCC(=O)c2[nH]c(C)c(C(C)=O)c2C)cc(Cl)c1OC.